The van der Waals surface area contributed by atoms with Gasteiger partial charge in [-0.1, -0.05) is 0 Å². The van der Waals surface area contributed by atoms with Crippen molar-refractivity contribution in [2.24, 2.45) is 0 Å². The van der Waals surface area contributed by atoms with Gasteiger partial charge in [-0.15, -0.1) is 0 Å². The molecule has 244 valence electrons. The molecule has 0 aromatic heterocycles. The number of carbonyl (C=O) groups excluding carboxylic acids is 5. The van der Waals surface area contributed by atoms with E-state index in [0.29, 0.717) is 0 Å². The van der Waals surface area contributed by atoms with E-state index in [1.165, 1.54) is 0 Å². The average molecular weight is 639 g/mol. The number of hydrogen-bond acceptors (Lipinski definition) is 17. The van der Waals surface area contributed by atoms with Crippen molar-refractivity contribution in [1.29, 1.82) is 0 Å². The molecule has 3 rings (SSSR count). The van der Waals surface area contributed by atoms with Crippen LogP contribution in [-0.4, -0.2) is 94.7 Å². The van der Waals surface area contributed by atoms with Gasteiger partial charge in [-0.25, -0.2) is 4.79 Å². The van der Waals surface area contributed by atoms with E-state index in [2.05, 4.69) is 4.74 Å². The third kappa shape index (κ3) is 8.35. The lowest BCUT2D eigenvalue weighted by atomic mass is 9.98. The number of phenolic OH excluding ortho intramolecular Hbond substituents is 4. The number of phenols is 4. The van der Waals surface area contributed by atoms with E-state index in [4.69, 9.17) is 33.2 Å². The van der Waals surface area contributed by atoms with Gasteiger partial charge in [0.25, 0.3) is 0 Å². The second-order valence-corrected chi connectivity index (χ2v) is 9.38. The number of benzene rings is 2. The summed E-state index contributed by atoms with van der Waals surface area (Å²) in [5, 5.41) is 41.6. The maximum absolute atomic E-state index is 12.0. The van der Waals surface area contributed by atoms with Crippen molar-refractivity contribution >= 4 is 29.8 Å². The van der Waals surface area contributed by atoms with Crippen LogP contribution in [0.15, 0.2) is 24.3 Å². The highest BCUT2D eigenvalue weighted by molar-refractivity contribution is 5.91. The fourth-order valence-electron chi connectivity index (χ4n) is 4.15. The second kappa shape index (κ2) is 14.3. The van der Waals surface area contributed by atoms with Crippen LogP contribution in [0, 0.1) is 0 Å². The molecule has 0 bridgehead atoms. The molecule has 0 amide bonds. The summed E-state index contributed by atoms with van der Waals surface area (Å²) in [5.74, 6) is -9.21. The van der Waals surface area contributed by atoms with Crippen LogP contribution in [0.2, 0.25) is 0 Å². The van der Waals surface area contributed by atoms with Gasteiger partial charge in [0.15, 0.2) is 35.2 Å². The van der Waals surface area contributed by atoms with Gasteiger partial charge >= 0.3 is 29.8 Å². The molecule has 0 saturated carbocycles. The van der Waals surface area contributed by atoms with Gasteiger partial charge in [0.2, 0.25) is 29.6 Å². The molecule has 1 heterocycles. The molecule has 4 N–H and O–H groups in total. The van der Waals surface area contributed by atoms with Crippen LogP contribution in [-0.2, 0) is 47.6 Å². The fourth-order valence-corrected chi connectivity index (χ4v) is 4.15. The molecule has 0 aliphatic carbocycles. The second-order valence-electron chi connectivity index (χ2n) is 9.38. The number of aromatic hydroxyl groups is 4. The lowest BCUT2D eigenvalue weighted by molar-refractivity contribution is -0.288. The van der Waals surface area contributed by atoms with E-state index in [-0.39, 0.29) is 5.56 Å². The van der Waals surface area contributed by atoms with E-state index >= 15 is 0 Å². The molecule has 0 radical (unpaired) electrons. The zero-order valence-electron chi connectivity index (χ0n) is 24.5. The Labute approximate surface area is 254 Å². The van der Waals surface area contributed by atoms with Gasteiger partial charge in [-0.05, 0) is 24.3 Å². The Morgan fingerprint density at radius 1 is 0.711 bits per heavy atom. The van der Waals surface area contributed by atoms with E-state index < -0.39 is 107 Å². The number of rotatable bonds is 10. The number of methoxy groups -OCH3 is 1. The Bertz CT molecular complexity index is 1470. The van der Waals surface area contributed by atoms with Crippen molar-refractivity contribution < 1.29 is 82.3 Å². The third-order valence-corrected chi connectivity index (χ3v) is 5.96. The number of ether oxygens (including phenoxy) is 8. The van der Waals surface area contributed by atoms with Crippen molar-refractivity contribution in [2.75, 3.05) is 13.7 Å². The van der Waals surface area contributed by atoms with Crippen molar-refractivity contribution in [1.82, 2.24) is 0 Å². The summed E-state index contributed by atoms with van der Waals surface area (Å²) in [5.41, 5.74) is -0.213. The van der Waals surface area contributed by atoms with Gasteiger partial charge in [-0.3, -0.25) is 19.2 Å². The minimum atomic E-state index is -1.74. The predicted octanol–water partition coefficient (Wildman–Crippen LogP) is 1.55. The number of esters is 5. The monoisotopic (exact) mass is 638 g/mol. The van der Waals surface area contributed by atoms with Gasteiger partial charge in [0.1, 0.15) is 12.7 Å². The van der Waals surface area contributed by atoms with Crippen molar-refractivity contribution in [3.63, 3.8) is 0 Å². The van der Waals surface area contributed by atoms with E-state index in [1.54, 1.807) is 0 Å². The molecular weight excluding hydrogens is 608 g/mol. The zero-order chi connectivity index (χ0) is 33.6. The van der Waals surface area contributed by atoms with Crippen molar-refractivity contribution in [3.8, 4) is 40.2 Å². The molecule has 2 aromatic rings. The summed E-state index contributed by atoms with van der Waals surface area (Å²) in [6.07, 6.45) is -7.75. The molecule has 0 unspecified atom stereocenters. The molecule has 17 nitrogen and oxygen atoms in total. The quantitative estimate of drug-likeness (QED) is 0.164. The molecule has 45 heavy (non-hydrogen) atoms. The summed E-state index contributed by atoms with van der Waals surface area (Å²) in [4.78, 5) is 59.3. The summed E-state index contributed by atoms with van der Waals surface area (Å²) in [6.45, 7) is 3.66. The molecule has 1 aliphatic heterocycles. The first-order valence-corrected chi connectivity index (χ1v) is 13.0. The van der Waals surface area contributed by atoms with E-state index in [0.717, 1.165) is 59.1 Å². The van der Waals surface area contributed by atoms with E-state index in [9.17, 15) is 44.4 Å². The lowest BCUT2D eigenvalue weighted by Crippen LogP contribution is -2.63. The molecule has 1 saturated heterocycles. The molecule has 17 heteroatoms. The normalized spacial score (nSPS) is 20.7. The van der Waals surface area contributed by atoms with Crippen LogP contribution in [0.3, 0.4) is 0 Å². The minimum Gasteiger partial charge on any atom is -0.504 e. The average Bonchev–Trinajstić information content (AvgIpc) is 2.95. The van der Waals surface area contributed by atoms with Crippen molar-refractivity contribution in [2.45, 2.75) is 58.4 Å². The smallest absolute Gasteiger partial charge is 0.338 e. The van der Waals surface area contributed by atoms with Crippen LogP contribution in [0.1, 0.15) is 38.1 Å². The minimum absolute atomic E-state index is 0.213. The highest BCUT2D eigenvalue weighted by Crippen LogP contribution is 2.47. The van der Waals surface area contributed by atoms with Gasteiger partial charge < -0.3 is 58.3 Å². The first-order valence-electron chi connectivity index (χ1n) is 13.0. The van der Waals surface area contributed by atoms with Crippen LogP contribution in [0.4, 0.5) is 0 Å². The Hall–Kier alpha value is -5.45. The van der Waals surface area contributed by atoms with Crippen LogP contribution in [0.25, 0.3) is 0 Å². The largest absolute Gasteiger partial charge is 0.504 e. The molecule has 0 spiro atoms. The van der Waals surface area contributed by atoms with Gasteiger partial charge in [0.05, 0.1) is 12.7 Å². The van der Waals surface area contributed by atoms with Crippen LogP contribution < -0.4 is 9.47 Å². The summed E-state index contributed by atoms with van der Waals surface area (Å²) in [7, 11) is 1.08. The van der Waals surface area contributed by atoms with Gasteiger partial charge in [-0.2, -0.15) is 0 Å². The topological polar surface area (TPSA) is 240 Å². The lowest BCUT2D eigenvalue weighted by Gasteiger charge is -2.43. The highest BCUT2D eigenvalue weighted by atomic mass is 16.7. The maximum atomic E-state index is 12.0. The van der Waals surface area contributed by atoms with Crippen LogP contribution in [0.5, 0.6) is 40.2 Å². The molecule has 5 atom stereocenters. The predicted molar refractivity (Wildman–Crippen MR) is 144 cm³/mol. The van der Waals surface area contributed by atoms with Crippen molar-refractivity contribution in [3.05, 3.63) is 29.8 Å². The number of hydrogen-bond donors (Lipinski definition) is 4. The number of carbonyl (C=O) groups is 5. The Morgan fingerprint density at radius 3 is 1.84 bits per heavy atom. The fraction of sp³-hybridized carbons (Fsp3) is 0.393. The third-order valence-electron chi connectivity index (χ3n) is 5.96. The Balaban J connectivity index is 2.00. The molecule has 1 fully saturated rings. The maximum Gasteiger partial charge on any atom is 0.338 e. The summed E-state index contributed by atoms with van der Waals surface area (Å²) in [6, 6.07) is 4.02. The Morgan fingerprint density at radius 2 is 1.27 bits per heavy atom. The summed E-state index contributed by atoms with van der Waals surface area (Å²) < 4.78 is 42.4. The first kappa shape index (κ1) is 34.0. The first-order chi connectivity index (χ1) is 21.1. The van der Waals surface area contributed by atoms with E-state index in [1.807, 2.05) is 0 Å². The molecule has 2 aromatic carbocycles. The van der Waals surface area contributed by atoms with Gasteiger partial charge in [0, 0.05) is 27.7 Å². The summed E-state index contributed by atoms with van der Waals surface area (Å²) >= 11 is 0. The van der Waals surface area contributed by atoms with Crippen LogP contribution >= 0.6 is 0 Å². The Kier molecular flexibility index (Phi) is 10.9. The molecule has 1 aliphatic rings. The molecular formula is C28H30O17. The highest BCUT2D eigenvalue weighted by Gasteiger charge is 2.53. The zero-order valence-corrected chi connectivity index (χ0v) is 24.5. The SMILES string of the molecule is COC(=O)c1cc(O)c(O)c(Oc2ccc(O[C@@H]3O[C@H](COC(C)=O)[C@H](OC(C)=O)[C@H](OC(C)=O)[C@H]3OC(C)=O)c(O)c2O)c1. The standard InChI is InChI=1S/C28H30O17/c1-11(29)39-10-20-24(40-12(2)30)25(41-13(3)31)26(42-14(4)32)28(45-20)44-18-7-6-17(22(35)23(18)36)43-19-9-15(27(37)38-5)8-16(33)21(19)34/h6-9,20,24-26,28,33-36H,10H2,1-5H3/t20-,24+,25+,26-,28-/m1/s1.